The van der Waals surface area contributed by atoms with E-state index >= 15 is 0 Å². The van der Waals surface area contributed by atoms with Gasteiger partial charge in [-0.25, -0.2) is 9.97 Å². The molecule has 1 fully saturated rings. The first kappa shape index (κ1) is 14.3. The van der Waals surface area contributed by atoms with Crippen LogP contribution in [-0.2, 0) is 6.54 Å². The van der Waals surface area contributed by atoms with Crippen molar-refractivity contribution in [2.45, 2.75) is 25.8 Å². The van der Waals surface area contributed by atoms with Gasteiger partial charge in [-0.2, -0.15) is 0 Å². The van der Waals surface area contributed by atoms with E-state index in [1.54, 1.807) is 6.20 Å². The second kappa shape index (κ2) is 6.04. The maximum absolute atomic E-state index is 5.73. The second-order valence-electron chi connectivity index (χ2n) is 6.18. The molecule has 0 unspecified atom stereocenters. The molecule has 1 saturated heterocycles. The third-order valence-electron chi connectivity index (χ3n) is 4.64. The molecule has 0 atom stereocenters. The molecule has 0 spiro atoms. The molecule has 6 heteroatoms. The first-order valence-corrected chi connectivity index (χ1v) is 8.29. The third kappa shape index (κ3) is 2.82. The Morgan fingerprint density at radius 3 is 2.83 bits per heavy atom. The zero-order chi connectivity index (χ0) is 15.6. The summed E-state index contributed by atoms with van der Waals surface area (Å²) in [6, 6.07) is 4.01. The van der Waals surface area contributed by atoms with Gasteiger partial charge in [-0.05, 0) is 38.1 Å². The Labute approximate surface area is 135 Å². The number of aromatic amines is 1. The van der Waals surface area contributed by atoms with Crippen molar-refractivity contribution in [1.29, 1.82) is 0 Å². The zero-order valence-electron chi connectivity index (χ0n) is 13.2. The highest BCUT2D eigenvalue weighted by atomic mass is 15.2. The van der Waals surface area contributed by atoms with Gasteiger partial charge in [-0.15, -0.1) is 0 Å². The van der Waals surface area contributed by atoms with Gasteiger partial charge in [0, 0.05) is 42.6 Å². The summed E-state index contributed by atoms with van der Waals surface area (Å²) in [5.74, 6) is 0.312. The molecular weight excluding hydrogens is 288 g/mol. The highest BCUT2D eigenvalue weighted by molar-refractivity contribution is 5.93. The number of rotatable bonds is 4. The van der Waals surface area contributed by atoms with Crippen molar-refractivity contribution in [2.24, 2.45) is 0 Å². The predicted octanol–water partition coefficient (Wildman–Crippen LogP) is 2.49. The number of aromatic nitrogens is 4. The Balaban J connectivity index is 1.61. The van der Waals surface area contributed by atoms with Crippen LogP contribution < -0.4 is 5.73 Å². The van der Waals surface area contributed by atoms with Gasteiger partial charge in [0.25, 0.3) is 0 Å². The normalized spacial score (nSPS) is 16.2. The van der Waals surface area contributed by atoms with Gasteiger partial charge in [0.2, 0.25) is 5.95 Å². The number of piperidine rings is 1. The standard InChI is InChI=1S/C17H22N6/c18-17-20-7-5-15(21-17)14-12-23(16-13(14)4-6-19-16)11-10-22-8-2-1-3-9-22/h4-7,12,19H,1-3,8-11H2,(H2,18,20,21). The molecule has 23 heavy (non-hydrogen) atoms. The first-order chi connectivity index (χ1) is 11.3. The van der Waals surface area contributed by atoms with Gasteiger partial charge in [-0.1, -0.05) is 6.42 Å². The van der Waals surface area contributed by atoms with E-state index in [4.69, 9.17) is 5.73 Å². The quantitative estimate of drug-likeness (QED) is 0.776. The van der Waals surface area contributed by atoms with E-state index < -0.39 is 0 Å². The van der Waals surface area contributed by atoms with E-state index in [9.17, 15) is 0 Å². The first-order valence-electron chi connectivity index (χ1n) is 8.29. The van der Waals surface area contributed by atoms with Crippen LogP contribution in [0.3, 0.4) is 0 Å². The Hall–Kier alpha value is -2.34. The number of anilines is 1. The molecule has 0 bridgehead atoms. The number of H-pyrrole nitrogens is 1. The van der Waals surface area contributed by atoms with Gasteiger partial charge in [0.05, 0.1) is 5.69 Å². The van der Waals surface area contributed by atoms with Crippen LogP contribution in [0.15, 0.2) is 30.7 Å². The number of fused-ring (bicyclic) bond motifs is 1. The SMILES string of the molecule is Nc1nccc(-c2cn(CCN3CCCCC3)c3[nH]ccc23)n1. The summed E-state index contributed by atoms with van der Waals surface area (Å²) >= 11 is 0. The summed E-state index contributed by atoms with van der Waals surface area (Å²) in [7, 11) is 0. The van der Waals surface area contributed by atoms with Crippen molar-refractivity contribution >= 4 is 17.0 Å². The fourth-order valence-electron chi connectivity index (χ4n) is 3.44. The Morgan fingerprint density at radius 2 is 2.00 bits per heavy atom. The summed E-state index contributed by atoms with van der Waals surface area (Å²) in [4.78, 5) is 14.3. The number of nitrogens with two attached hydrogens (primary N) is 1. The minimum Gasteiger partial charge on any atom is -0.368 e. The van der Waals surface area contributed by atoms with Crippen molar-refractivity contribution in [3.05, 3.63) is 30.7 Å². The molecule has 0 saturated carbocycles. The molecular formula is C17H22N6. The topological polar surface area (TPSA) is 75.8 Å². The maximum atomic E-state index is 5.73. The molecule has 3 aromatic heterocycles. The number of nitrogens with zero attached hydrogens (tertiary/aromatic N) is 4. The summed E-state index contributed by atoms with van der Waals surface area (Å²) in [5, 5.41) is 1.18. The highest BCUT2D eigenvalue weighted by Crippen LogP contribution is 2.29. The smallest absolute Gasteiger partial charge is 0.220 e. The van der Waals surface area contributed by atoms with E-state index in [2.05, 4.69) is 36.7 Å². The molecule has 120 valence electrons. The predicted molar refractivity (Wildman–Crippen MR) is 92.0 cm³/mol. The molecule has 1 aliphatic heterocycles. The van der Waals surface area contributed by atoms with Crippen molar-refractivity contribution in [1.82, 2.24) is 24.4 Å². The molecule has 0 amide bonds. The summed E-state index contributed by atoms with van der Waals surface area (Å²) in [6.45, 7) is 4.53. The van der Waals surface area contributed by atoms with Gasteiger partial charge < -0.3 is 20.2 Å². The van der Waals surface area contributed by atoms with Crippen molar-refractivity contribution in [2.75, 3.05) is 25.4 Å². The maximum Gasteiger partial charge on any atom is 0.220 e. The molecule has 3 N–H and O–H groups in total. The largest absolute Gasteiger partial charge is 0.368 e. The van der Waals surface area contributed by atoms with Crippen LogP contribution in [0.4, 0.5) is 5.95 Å². The summed E-state index contributed by atoms with van der Waals surface area (Å²) < 4.78 is 2.29. The lowest BCUT2D eigenvalue weighted by Gasteiger charge is -2.26. The van der Waals surface area contributed by atoms with Gasteiger partial charge in [0.1, 0.15) is 5.65 Å². The molecule has 0 radical (unpaired) electrons. The molecule has 0 aromatic carbocycles. The Kier molecular flexibility index (Phi) is 3.75. The number of hydrogen-bond acceptors (Lipinski definition) is 4. The Bertz CT molecular complexity index is 796. The summed E-state index contributed by atoms with van der Waals surface area (Å²) in [6.07, 6.45) is 9.90. The minimum atomic E-state index is 0.312. The lowest BCUT2D eigenvalue weighted by atomic mass is 10.1. The van der Waals surface area contributed by atoms with E-state index in [0.717, 1.165) is 30.0 Å². The summed E-state index contributed by atoms with van der Waals surface area (Å²) in [5.41, 5.74) is 8.86. The van der Waals surface area contributed by atoms with Crippen LogP contribution >= 0.6 is 0 Å². The third-order valence-corrected chi connectivity index (χ3v) is 4.64. The van der Waals surface area contributed by atoms with E-state index in [-0.39, 0.29) is 0 Å². The van der Waals surface area contributed by atoms with E-state index in [1.165, 1.54) is 37.7 Å². The number of hydrogen-bond donors (Lipinski definition) is 2. The highest BCUT2D eigenvalue weighted by Gasteiger charge is 2.14. The van der Waals surface area contributed by atoms with Crippen LogP contribution in [0.25, 0.3) is 22.3 Å². The lowest BCUT2D eigenvalue weighted by molar-refractivity contribution is 0.221. The molecule has 0 aliphatic carbocycles. The monoisotopic (exact) mass is 310 g/mol. The van der Waals surface area contributed by atoms with Crippen LogP contribution in [0.5, 0.6) is 0 Å². The van der Waals surface area contributed by atoms with Crippen molar-refractivity contribution in [3.63, 3.8) is 0 Å². The second-order valence-corrected chi connectivity index (χ2v) is 6.18. The average Bonchev–Trinajstić information content (AvgIpc) is 3.17. The van der Waals surface area contributed by atoms with Gasteiger partial charge in [0.15, 0.2) is 0 Å². The lowest BCUT2D eigenvalue weighted by Crippen LogP contribution is -2.32. The van der Waals surface area contributed by atoms with Crippen LogP contribution in [0.2, 0.25) is 0 Å². The average molecular weight is 310 g/mol. The number of likely N-dealkylation sites (tertiary alicyclic amines) is 1. The number of nitrogen functional groups attached to an aromatic ring is 1. The molecule has 1 aliphatic rings. The molecule has 6 nitrogen and oxygen atoms in total. The van der Waals surface area contributed by atoms with Crippen molar-refractivity contribution < 1.29 is 0 Å². The van der Waals surface area contributed by atoms with Crippen LogP contribution in [-0.4, -0.2) is 44.1 Å². The molecule has 4 rings (SSSR count). The zero-order valence-corrected chi connectivity index (χ0v) is 13.2. The van der Waals surface area contributed by atoms with E-state index in [1.807, 2.05) is 12.3 Å². The van der Waals surface area contributed by atoms with Crippen LogP contribution in [0.1, 0.15) is 19.3 Å². The molecule has 3 aromatic rings. The van der Waals surface area contributed by atoms with Crippen molar-refractivity contribution in [3.8, 4) is 11.3 Å². The van der Waals surface area contributed by atoms with Gasteiger partial charge in [-0.3, -0.25) is 0 Å². The fourth-order valence-corrected chi connectivity index (χ4v) is 3.44. The minimum absolute atomic E-state index is 0.312. The molecule has 4 heterocycles. The Morgan fingerprint density at radius 1 is 1.13 bits per heavy atom. The number of nitrogens with one attached hydrogen (secondary N) is 1. The van der Waals surface area contributed by atoms with E-state index in [0.29, 0.717) is 5.95 Å². The fraction of sp³-hybridized carbons (Fsp3) is 0.412. The van der Waals surface area contributed by atoms with Gasteiger partial charge >= 0.3 is 0 Å². The van der Waals surface area contributed by atoms with Crippen LogP contribution in [0, 0.1) is 0 Å².